The summed E-state index contributed by atoms with van der Waals surface area (Å²) in [4.78, 5) is 32.7. The van der Waals surface area contributed by atoms with E-state index < -0.39 is 11.2 Å². The van der Waals surface area contributed by atoms with Crippen molar-refractivity contribution in [2.45, 2.75) is 30.7 Å². The number of thioether (sulfide) groups is 1. The lowest BCUT2D eigenvalue weighted by Gasteiger charge is -2.16. The number of methoxy groups -OCH3 is 1. The molecule has 0 saturated heterocycles. The summed E-state index contributed by atoms with van der Waals surface area (Å²) in [7, 11) is 1.51. The Morgan fingerprint density at radius 1 is 1.36 bits per heavy atom. The lowest BCUT2D eigenvalue weighted by atomic mass is 10.2. The fraction of sp³-hybridized carbons (Fsp3) is 0.333. The number of nitrogen functional groups attached to an aromatic ring is 1. The number of carbonyl (C=O) groups is 2. The highest BCUT2D eigenvalue weighted by atomic mass is 35.5. The fourth-order valence-corrected chi connectivity index (χ4v) is 3.27. The van der Waals surface area contributed by atoms with Gasteiger partial charge in [-0.1, -0.05) is 30.3 Å². The van der Waals surface area contributed by atoms with Crippen LogP contribution in [0.3, 0.4) is 0 Å². The van der Waals surface area contributed by atoms with Crippen molar-refractivity contribution >= 4 is 46.7 Å². The Balaban J connectivity index is 2.13. The molecule has 0 aliphatic heterocycles. The van der Waals surface area contributed by atoms with Crippen LogP contribution < -0.4 is 15.8 Å². The summed E-state index contributed by atoms with van der Waals surface area (Å²) >= 11 is 7.14. The molecule has 0 unspecified atom stereocenters. The molecular formula is C18H21ClN4O4S. The first kappa shape index (κ1) is 21.8. The molecule has 1 amide bonds. The number of anilines is 2. The summed E-state index contributed by atoms with van der Waals surface area (Å²) in [5, 5.41) is 3.07. The number of amides is 1. The molecule has 0 aliphatic carbocycles. The number of hydrogen-bond donors (Lipinski definition) is 2. The molecule has 8 nitrogen and oxygen atoms in total. The van der Waals surface area contributed by atoms with Gasteiger partial charge in [0.2, 0.25) is 5.91 Å². The molecule has 2 aromatic rings. The Morgan fingerprint density at radius 3 is 2.71 bits per heavy atom. The van der Waals surface area contributed by atoms with E-state index in [4.69, 9.17) is 26.8 Å². The van der Waals surface area contributed by atoms with Crippen LogP contribution in [-0.2, 0) is 9.53 Å². The molecule has 1 heterocycles. The van der Waals surface area contributed by atoms with Crippen LogP contribution in [0.15, 0.2) is 29.6 Å². The second kappa shape index (κ2) is 10.1. The highest BCUT2D eigenvalue weighted by Gasteiger charge is 2.22. The molecule has 0 aliphatic rings. The van der Waals surface area contributed by atoms with Gasteiger partial charge in [0.05, 0.1) is 24.7 Å². The van der Waals surface area contributed by atoms with Gasteiger partial charge >= 0.3 is 5.97 Å². The van der Waals surface area contributed by atoms with Crippen LogP contribution in [0.25, 0.3) is 0 Å². The van der Waals surface area contributed by atoms with Crippen LogP contribution in [0.2, 0.25) is 5.02 Å². The van der Waals surface area contributed by atoms with Gasteiger partial charge in [-0.15, -0.1) is 0 Å². The molecular weight excluding hydrogens is 404 g/mol. The van der Waals surface area contributed by atoms with Gasteiger partial charge in [0, 0.05) is 11.2 Å². The summed E-state index contributed by atoms with van der Waals surface area (Å²) in [6.45, 7) is 3.78. The third-order valence-electron chi connectivity index (χ3n) is 3.62. The van der Waals surface area contributed by atoms with Crippen molar-refractivity contribution in [1.82, 2.24) is 9.97 Å². The molecule has 0 radical (unpaired) electrons. The molecule has 28 heavy (non-hydrogen) atoms. The van der Waals surface area contributed by atoms with E-state index in [9.17, 15) is 9.59 Å². The number of rotatable bonds is 8. The lowest BCUT2D eigenvalue weighted by Crippen LogP contribution is -2.25. The average molecular weight is 425 g/mol. The quantitative estimate of drug-likeness (QED) is 0.376. The summed E-state index contributed by atoms with van der Waals surface area (Å²) in [6, 6.07) is 4.95. The van der Waals surface area contributed by atoms with E-state index in [-0.39, 0.29) is 29.1 Å². The maximum absolute atomic E-state index is 12.7. The number of nitrogens with zero attached hydrogens (tertiary/aromatic N) is 2. The molecule has 3 N–H and O–H groups in total. The van der Waals surface area contributed by atoms with Crippen molar-refractivity contribution < 1.29 is 19.1 Å². The standard InChI is InChI=1S/C18H21ClN4O4S/c1-4-14(16(24)22-12-8-10(19)6-7-13(12)26-3)28-18-21-9-11(15(20)23-18)17(25)27-5-2/h6-9,14H,4-5H2,1-3H3,(H,22,24)(H2,20,21,23)/t14-/m1/s1. The Labute approximate surface area is 172 Å². The molecule has 150 valence electrons. The highest BCUT2D eigenvalue weighted by molar-refractivity contribution is 8.00. The van der Waals surface area contributed by atoms with E-state index in [1.165, 1.54) is 13.3 Å². The predicted octanol–water partition coefficient (Wildman–Crippen LogP) is 3.41. The molecule has 0 saturated carbocycles. The predicted molar refractivity (Wildman–Crippen MR) is 109 cm³/mol. The summed E-state index contributed by atoms with van der Waals surface area (Å²) in [5.74, 6) is -0.348. The summed E-state index contributed by atoms with van der Waals surface area (Å²) in [6.07, 6.45) is 1.82. The number of nitrogens with two attached hydrogens (primary N) is 1. The van der Waals surface area contributed by atoms with Gasteiger partial charge in [-0.05, 0) is 31.5 Å². The van der Waals surface area contributed by atoms with Gasteiger partial charge in [-0.25, -0.2) is 14.8 Å². The Hall–Kier alpha value is -2.52. The molecule has 0 bridgehead atoms. The van der Waals surface area contributed by atoms with Crippen LogP contribution in [0.5, 0.6) is 5.75 Å². The molecule has 1 aromatic heterocycles. The number of nitrogens with one attached hydrogen (secondary N) is 1. The Bertz CT molecular complexity index is 865. The van der Waals surface area contributed by atoms with Crippen molar-refractivity contribution in [2.75, 3.05) is 24.8 Å². The van der Waals surface area contributed by atoms with E-state index in [2.05, 4.69) is 15.3 Å². The van der Waals surface area contributed by atoms with Crippen molar-refractivity contribution in [1.29, 1.82) is 0 Å². The van der Waals surface area contributed by atoms with Gasteiger partial charge < -0.3 is 20.5 Å². The SMILES string of the molecule is CCOC(=O)c1cnc(S[C@H](CC)C(=O)Nc2cc(Cl)ccc2OC)nc1N. The molecule has 1 atom stereocenters. The van der Waals surface area contributed by atoms with Gasteiger partial charge in [0.15, 0.2) is 5.16 Å². The Morgan fingerprint density at radius 2 is 2.11 bits per heavy atom. The van der Waals surface area contributed by atoms with E-state index >= 15 is 0 Å². The number of ether oxygens (including phenoxy) is 2. The van der Waals surface area contributed by atoms with Gasteiger partial charge in [0.1, 0.15) is 17.1 Å². The topological polar surface area (TPSA) is 116 Å². The number of carbonyl (C=O) groups excluding carboxylic acids is 2. The Kier molecular flexibility index (Phi) is 7.89. The third-order valence-corrected chi connectivity index (χ3v) is 5.10. The first-order chi connectivity index (χ1) is 13.4. The zero-order chi connectivity index (χ0) is 20.7. The monoisotopic (exact) mass is 424 g/mol. The number of benzene rings is 1. The number of aromatic nitrogens is 2. The minimum absolute atomic E-state index is 0.00252. The minimum Gasteiger partial charge on any atom is -0.495 e. The van der Waals surface area contributed by atoms with E-state index in [0.29, 0.717) is 22.9 Å². The van der Waals surface area contributed by atoms with Crippen molar-refractivity contribution in [3.8, 4) is 5.75 Å². The smallest absolute Gasteiger partial charge is 0.343 e. The number of esters is 1. The van der Waals surface area contributed by atoms with Crippen LogP contribution in [0.4, 0.5) is 11.5 Å². The average Bonchev–Trinajstić information content (AvgIpc) is 2.66. The highest BCUT2D eigenvalue weighted by Crippen LogP contribution is 2.30. The summed E-state index contributed by atoms with van der Waals surface area (Å²) < 4.78 is 10.1. The number of halogens is 1. The first-order valence-electron chi connectivity index (χ1n) is 8.50. The second-order valence-electron chi connectivity index (χ2n) is 5.52. The van der Waals surface area contributed by atoms with E-state index in [1.54, 1.807) is 25.1 Å². The maximum atomic E-state index is 12.7. The third kappa shape index (κ3) is 5.49. The van der Waals surface area contributed by atoms with Gasteiger partial charge in [0.25, 0.3) is 0 Å². The minimum atomic E-state index is -0.589. The number of hydrogen-bond acceptors (Lipinski definition) is 8. The zero-order valence-electron chi connectivity index (χ0n) is 15.7. The molecule has 2 rings (SSSR count). The fourth-order valence-electron chi connectivity index (χ4n) is 2.24. The van der Waals surface area contributed by atoms with Gasteiger partial charge in [-0.3, -0.25) is 4.79 Å². The largest absolute Gasteiger partial charge is 0.495 e. The molecule has 10 heteroatoms. The van der Waals surface area contributed by atoms with Crippen molar-refractivity contribution in [3.05, 3.63) is 35.0 Å². The maximum Gasteiger partial charge on any atom is 0.343 e. The van der Waals surface area contributed by atoms with Crippen LogP contribution in [0.1, 0.15) is 30.6 Å². The van der Waals surface area contributed by atoms with Crippen LogP contribution in [-0.4, -0.2) is 40.8 Å². The van der Waals surface area contributed by atoms with Crippen LogP contribution in [0, 0.1) is 0 Å². The van der Waals surface area contributed by atoms with Crippen molar-refractivity contribution in [2.24, 2.45) is 0 Å². The molecule has 0 fully saturated rings. The van der Waals surface area contributed by atoms with Crippen molar-refractivity contribution in [3.63, 3.8) is 0 Å². The summed E-state index contributed by atoms with van der Waals surface area (Å²) in [5.41, 5.74) is 6.39. The normalized spacial score (nSPS) is 11.6. The van der Waals surface area contributed by atoms with E-state index in [0.717, 1.165) is 11.8 Å². The van der Waals surface area contributed by atoms with E-state index in [1.807, 2.05) is 6.92 Å². The first-order valence-corrected chi connectivity index (χ1v) is 9.76. The van der Waals surface area contributed by atoms with Gasteiger partial charge in [-0.2, -0.15) is 0 Å². The second-order valence-corrected chi connectivity index (χ2v) is 7.13. The lowest BCUT2D eigenvalue weighted by molar-refractivity contribution is -0.115. The van der Waals surface area contributed by atoms with Crippen LogP contribution >= 0.6 is 23.4 Å². The zero-order valence-corrected chi connectivity index (χ0v) is 17.3. The molecule has 1 aromatic carbocycles. The molecule has 0 spiro atoms.